The van der Waals surface area contributed by atoms with Gasteiger partial charge in [0.05, 0.1) is 5.41 Å². The number of carboxylic acids is 1. The molecule has 3 atom stereocenters. The Hall–Kier alpha value is -3.35. The van der Waals surface area contributed by atoms with E-state index < -0.39 is 35.5 Å². The quantitative estimate of drug-likeness (QED) is 0.616. The summed E-state index contributed by atoms with van der Waals surface area (Å²) in [5.41, 5.74) is 3.51. The lowest BCUT2D eigenvalue weighted by molar-refractivity contribution is -0.152. The lowest BCUT2D eigenvalue weighted by atomic mass is 9.71. The van der Waals surface area contributed by atoms with E-state index in [2.05, 4.69) is 22.8 Å². The van der Waals surface area contributed by atoms with E-state index in [9.17, 15) is 19.5 Å². The number of ether oxygens (including phenoxy) is 1. The van der Waals surface area contributed by atoms with Crippen molar-refractivity contribution in [3.8, 4) is 11.1 Å². The zero-order chi connectivity index (χ0) is 23.6. The van der Waals surface area contributed by atoms with Gasteiger partial charge in [-0.05, 0) is 48.9 Å². The van der Waals surface area contributed by atoms with Crippen molar-refractivity contribution < 1.29 is 24.2 Å². The molecule has 2 unspecified atom stereocenters. The first-order valence-electron chi connectivity index (χ1n) is 11.5. The van der Waals surface area contributed by atoms with Crippen LogP contribution < -0.4 is 10.6 Å². The minimum Gasteiger partial charge on any atom is -0.481 e. The van der Waals surface area contributed by atoms with Crippen LogP contribution in [0.2, 0.25) is 0 Å². The van der Waals surface area contributed by atoms with Crippen LogP contribution in [-0.4, -0.2) is 41.8 Å². The Morgan fingerprint density at radius 3 is 2.27 bits per heavy atom. The molecule has 174 valence electrons. The molecule has 0 bridgehead atoms. The molecule has 0 saturated heterocycles. The molecule has 33 heavy (non-hydrogen) atoms. The van der Waals surface area contributed by atoms with Gasteiger partial charge in [0, 0.05) is 12.0 Å². The fourth-order valence-electron chi connectivity index (χ4n) is 5.00. The van der Waals surface area contributed by atoms with Crippen molar-refractivity contribution in [3.05, 3.63) is 59.7 Å². The zero-order valence-corrected chi connectivity index (χ0v) is 19.0. The van der Waals surface area contributed by atoms with E-state index in [-0.39, 0.29) is 12.5 Å². The van der Waals surface area contributed by atoms with Gasteiger partial charge in [-0.3, -0.25) is 9.59 Å². The largest absolute Gasteiger partial charge is 0.481 e. The van der Waals surface area contributed by atoms with Gasteiger partial charge in [-0.15, -0.1) is 0 Å². The fourth-order valence-corrected chi connectivity index (χ4v) is 5.00. The van der Waals surface area contributed by atoms with Gasteiger partial charge in [-0.25, -0.2) is 4.79 Å². The highest BCUT2D eigenvalue weighted by molar-refractivity contribution is 5.86. The molecule has 7 heteroatoms. The summed E-state index contributed by atoms with van der Waals surface area (Å²) in [6.45, 7) is 3.40. The molecule has 0 aromatic heterocycles. The van der Waals surface area contributed by atoms with Gasteiger partial charge in [0.2, 0.25) is 5.91 Å². The Balaban J connectivity index is 1.35. The van der Waals surface area contributed by atoms with Gasteiger partial charge in [0.25, 0.3) is 0 Å². The molecule has 1 fully saturated rings. The maximum absolute atomic E-state index is 12.7. The van der Waals surface area contributed by atoms with Crippen LogP contribution >= 0.6 is 0 Å². The summed E-state index contributed by atoms with van der Waals surface area (Å²) in [5.74, 6) is -1.39. The number of amides is 2. The molecular formula is C26H30N2O5. The first-order chi connectivity index (χ1) is 15.8. The number of fused-ring (bicyclic) bond motifs is 3. The maximum atomic E-state index is 12.7. The first-order valence-corrected chi connectivity index (χ1v) is 11.5. The molecular weight excluding hydrogens is 420 g/mol. The van der Waals surface area contributed by atoms with E-state index in [0.717, 1.165) is 35.1 Å². The average Bonchev–Trinajstić information content (AvgIpc) is 3.13. The standard InChI is InChI=1S/C26H30N2O5/c1-16(23(29)28-22-13-7-8-14-26(22,2)24(30)31)27-25(32)33-15-21-19-11-5-3-9-17(19)18-10-4-6-12-20(18)21/h3-6,9-12,16,21-22H,7-8,13-15H2,1-2H3,(H,27,32)(H,28,29)(H,30,31)/t16-,22?,26?/m1/s1. The number of aliphatic carboxylic acids is 1. The van der Waals surface area contributed by atoms with Crippen LogP contribution in [0.5, 0.6) is 0 Å². The van der Waals surface area contributed by atoms with E-state index in [1.54, 1.807) is 13.8 Å². The highest BCUT2D eigenvalue weighted by Crippen LogP contribution is 2.44. The summed E-state index contributed by atoms with van der Waals surface area (Å²) in [6.07, 6.45) is 2.13. The SMILES string of the molecule is C[C@@H](NC(=O)OCC1c2ccccc2-c2ccccc21)C(=O)NC1CCCCC1(C)C(=O)O. The van der Waals surface area contributed by atoms with E-state index in [1.807, 2.05) is 36.4 Å². The third-order valence-corrected chi connectivity index (χ3v) is 7.08. The number of hydrogen-bond acceptors (Lipinski definition) is 4. The Morgan fingerprint density at radius 2 is 1.67 bits per heavy atom. The van der Waals surface area contributed by atoms with Crippen LogP contribution in [0.25, 0.3) is 11.1 Å². The summed E-state index contributed by atoms with van der Waals surface area (Å²) in [5, 5.41) is 15.0. The molecule has 0 heterocycles. The molecule has 2 aliphatic carbocycles. The topological polar surface area (TPSA) is 105 Å². The third kappa shape index (κ3) is 4.45. The van der Waals surface area contributed by atoms with Crippen LogP contribution in [0.3, 0.4) is 0 Å². The highest BCUT2D eigenvalue weighted by Gasteiger charge is 2.44. The Morgan fingerprint density at radius 1 is 1.06 bits per heavy atom. The molecule has 2 aliphatic rings. The molecule has 7 nitrogen and oxygen atoms in total. The normalized spacial score (nSPS) is 22.5. The van der Waals surface area contributed by atoms with Crippen molar-refractivity contribution in [3.63, 3.8) is 0 Å². The summed E-state index contributed by atoms with van der Waals surface area (Å²) in [6, 6.07) is 14.8. The van der Waals surface area contributed by atoms with Gasteiger partial charge in [-0.2, -0.15) is 0 Å². The predicted octanol–water partition coefficient (Wildman–Crippen LogP) is 4.06. The van der Waals surface area contributed by atoms with E-state index in [0.29, 0.717) is 12.8 Å². The molecule has 0 radical (unpaired) electrons. The number of hydrogen-bond donors (Lipinski definition) is 3. The van der Waals surface area contributed by atoms with Crippen LogP contribution in [0.15, 0.2) is 48.5 Å². The number of carboxylic acid groups (broad SMARTS) is 1. The fraction of sp³-hybridized carbons (Fsp3) is 0.423. The minimum absolute atomic E-state index is 0.0641. The number of alkyl carbamates (subject to hydrolysis) is 1. The van der Waals surface area contributed by atoms with Gasteiger partial charge >= 0.3 is 12.1 Å². The first kappa shape index (κ1) is 22.8. The van der Waals surface area contributed by atoms with E-state index in [1.165, 1.54) is 0 Å². The van der Waals surface area contributed by atoms with Crippen LogP contribution in [0.1, 0.15) is 56.6 Å². The van der Waals surface area contributed by atoms with Crippen molar-refractivity contribution in [2.45, 2.75) is 57.5 Å². The average molecular weight is 451 g/mol. The second kappa shape index (κ2) is 9.25. The Bertz CT molecular complexity index is 1020. The van der Waals surface area contributed by atoms with Crippen molar-refractivity contribution in [2.75, 3.05) is 6.61 Å². The van der Waals surface area contributed by atoms with Crippen LogP contribution in [-0.2, 0) is 14.3 Å². The summed E-state index contributed by atoms with van der Waals surface area (Å²) in [4.78, 5) is 36.9. The third-order valence-electron chi connectivity index (χ3n) is 7.08. The molecule has 2 aromatic rings. The minimum atomic E-state index is -1.00. The summed E-state index contributed by atoms with van der Waals surface area (Å²) >= 11 is 0. The molecule has 3 N–H and O–H groups in total. The van der Waals surface area contributed by atoms with E-state index >= 15 is 0 Å². The number of nitrogens with one attached hydrogen (secondary N) is 2. The van der Waals surface area contributed by atoms with Gasteiger partial charge in [0.1, 0.15) is 12.6 Å². The Kier molecular flexibility index (Phi) is 6.40. The molecule has 2 amide bonds. The van der Waals surface area contributed by atoms with Crippen molar-refractivity contribution >= 4 is 18.0 Å². The van der Waals surface area contributed by atoms with Crippen molar-refractivity contribution in [1.29, 1.82) is 0 Å². The van der Waals surface area contributed by atoms with Gasteiger partial charge in [0.15, 0.2) is 0 Å². The second-order valence-electron chi connectivity index (χ2n) is 9.22. The Labute approximate surface area is 193 Å². The molecule has 0 aliphatic heterocycles. The van der Waals surface area contributed by atoms with E-state index in [4.69, 9.17) is 4.74 Å². The number of rotatable bonds is 6. The molecule has 4 rings (SSSR count). The smallest absolute Gasteiger partial charge is 0.407 e. The number of carbonyl (C=O) groups is 3. The van der Waals surface area contributed by atoms with Gasteiger partial charge < -0.3 is 20.5 Å². The molecule has 2 aromatic carbocycles. The lowest BCUT2D eigenvalue weighted by Crippen LogP contribution is -2.56. The summed E-state index contributed by atoms with van der Waals surface area (Å²) in [7, 11) is 0. The highest BCUT2D eigenvalue weighted by atomic mass is 16.5. The lowest BCUT2D eigenvalue weighted by Gasteiger charge is -2.38. The second-order valence-corrected chi connectivity index (χ2v) is 9.22. The summed E-state index contributed by atoms with van der Waals surface area (Å²) < 4.78 is 5.51. The maximum Gasteiger partial charge on any atom is 0.407 e. The van der Waals surface area contributed by atoms with Crippen molar-refractivity contribution in [2.24, 2.45) is 5.41 Å². The van der Waals surface area contributed by atoms with Crippen LogP contribution in [0, 0.1) is 5.41 Å². The number of benzene rings is 2. The van der Waals surface area contributed by atoms with Crippen molar-refractivity contribution in [1.82, 2.24) is 10.6 Å². The monoisotopic (exact) mass is 450 g/mol. The predicted molar refractivity (Wildman–Crippen MR) is 124 cm³/mol. The molecule has 1 saturated carbocycles. The molecule has 0 spiro atoms. The van der Waals surface area contributed by atoms with Gasteiger partial charge in [-0.1, -0.05) is 61.4 Å². The zero-order valence-electron chi connectivity index (χ0n) is 19.0. The van der Waals surface area contributed by atoms with Crippen LogP contribution in [0.4, 0.5) is 4.79 Å². The number of carbonyl (C=O) groups excluding carboxylic acids is 2.